The number of halogens is 2. The predicted octanol–water partition coefficient (Wildman–Crippen LogP) is 4.28. The van der Waals surface area contributed by atoms with Crippen molar-refractivity contribution in [3.63, 3.8) is 0 Å². The van der Waals surface area contributed by atoms with E-state index in [1.165, 1.54) is 23.0 Å². The van der Waals surface area contributed by atoms with Crippen LogP contribution in [-0.4, -0.2) is 49.1 Å². The number of aliphatic imine (C=N–C) groups is 1. The Morgan fingerprint density at radius 1 is 1.34 bits per heavy atom. The number of hydrogen-bond acceptors (Lipinski definition) is 5. The Morgan fingerprint density at radius 3 is 2.60 bits per heavy atom. The lowest BCUT2D eigenvalue weighted by Crippen LogP contribution is -2.61. The number of alkyl halides is 1. The van der Waals surface area contributed by atoms with Crippen molar-refractivity contribution in [3.05, 3.63) is 64.0 Å². The molecule has 186 valence electrons. The molecule has 0 atom stereocenters. The van der Waals surface area contributed by atoms with Gasteiger partial charge in [0.2, 0.25) is 0 Å². The number of aromatic nitrogens is 2. The first-order valence-corrected chi connectivity index (χ1v) is 12.6. The molecule has 1 aromatic heterocycles. The molecule has 0 radical (unpaired) electrons. The highest BCUT2D eigenvalue weighted by Crippen LogP contribution is 2.29. The van der Waals surface area contributed by atoms with Gasteiger partial charge in [-0.3, -0.25) is 13.8 Å². The van der Waals surface area contributed by atoms with Crippen molar-refractivity contribution in [2.45, 2.75) is 39.9 Å². The highest BCUT2D eigenvalue weighted by atomic mass is 35.5. The Kier molecular flexibility index (Phi) is 8.07. The van der Waals surface area contributed by atoms with Crippen LogP contribution in [0, 0.1) is 6.92 Å². The standard InChI is InChI=1S/C24H27ClFN5O3S/c1-6-14(3)21(27-7-2)31-19(10-17(11-26)30-31)23(33)28-20-15(4)8-16(25)9-18(20)22(32)29-24(5)12-35(34)13-24/h6-10H,1,11-13H2,2-5H3,(H,28,33)(H,29,32)/b21-14+,27-7-. The topological polar surface area (TPSA) is 105 Å². The van der Waals surface area contributed by atoms with Crippen LogP contribution in [0.5, 0.6) is 0 Å². The molecule has 2 aromatic rings. The van der Waals surface area contributed by atoms with Crippen molar-refractivity contribution < 1.29 is 18.2 Å². The van der Waals surface area contributed by atoms with Crippen molar-refractivity contribution in [1.82, 2.24) is 15.1 Å². The third-order valence-corrected chi connectivity index (χ3v) is 7.53. The van der Waals surface area contributed by atoms with E-state index in [-0.39, 0.29) is 22.6 Å². The van der Waals surface area contributed by atoms with Crippen LogP contribution in [0.15, 0.2) is 41.4 Å². The van der Waals surface area contributed by atoms with Gasteiger partial charge in [-0.1, -0.05) is 24.3 Å². The summed E-state index contributed by atoms with van der Waals surface area (Å²) in [7, 11) is -0.969. The van der Waals surface area contributed by atoms with Crippen molar-refractivity contribution in [2.24, 2.45) is 4.99 Å². The maximum Gasteiger partial charge on any atom is 0.274 e. The van der Waals surface area contributed by atoms with Crippen molar-refractivity contribution in [1.29, 1.82) is 0 Å². The number of rotatable bonds is 8. The van der Waals surface area contributed by atoms with Gasteiger partial charge < -0.3 is 10.6 Å². The molecule has 3 rings (SSSR count). The van der Waals surface area contributed by atoms with Crippen LogP contribution in [-0.2, 0) is 17.5 Å². The molecule has 2 N–H and O–H groups in total. The number of amides is 2. The Balaban J connectivity index is 2.02. The van der Waals surface area contributed by atoms with Gasteiger partial charge in [-0.15, -0.1) is 0 Å². The van der Waals surface area contributed by atoms with E-state index in [9.17, 15) is 18.2 Å². The molecule has 0 saturated carbocycles. The lowest BCUT2D eigenvalue weighted by Gasteiger charge is -2.38. The van der Waals surface area contributed by atoms with Crippen LogP contribution < -0.4 is 10.6 Å². The second kappa shape index (κ2) is 10.7. The van der Waals surface area contributed by atoms with E-state index in [0.29, 0.717) is 33.5 Å². The lowest BCUT2D eigenvalue weighted by atomic mass is 10.0. The van der Waals surface area contributed by atoms with E-state index in [1.54, 1.807) is 32.9 Å². The minimum Gasteiger partial charge on any atom is -0.345 e. The highest BCUT2D eigenvalue weighted by molar-refractivity contribution is 7.86. The summed E-state index contributed by atoms with van der Waals surface area (Å²) in [6.07, 6.45) is 3.08. The summed E-state index contributed by atoms with van der Waals surface area (Å²) in [4.78, 5) is 30.8. The molecular formula is C24H27ClFN5O3S. The van der Waals surface area contributed by atoms with Gasteiger partial charge in [0, 0.05) is 33.5 Å². The summed E-state index contributed by atoms with van der Waals surface area (Å²) >= 11 is 6.21. The summed E-state index contributed by atoms with van der Waals surface area (Å²) in [6.45, 7) is 9.82. The van der Waals surface area contributed by atoms with Crippen molar-refractivity contribution in [3.8, 4) is 0 Å². The zero-order valence-electron chi connectivity index (χ0n) is 19.9. The number of aryl methyl sites for hydroxylation is 1. The Morgan fingerprint density at radius 2 is 2.03 bits per heavy atom. The van der Waals surface area contributed by atoms with Gasteiger partial charge in [-0.2, -0.15) is 5.10 Å². The number of carbonyl (C=O) groups is 2. The molecule has 0 unspecified atom stereocenters. The molecule has 2 heterocycles. The first-order chi connectivity index (χ1) is 16.5. The summed E-state index contributed by atoms with van der Waals surface area (Å²) in [5.74, 6) is -0.0685. The number of hydrogen-bond donors (Lipinski definition) is 2. The summed E-state index contributed by atoms with van der Waals surface area (Å²) < 4.78 is 26.3. The fourth-order valence-electron chi connectivity index (χ4n) is 3.70. The second-order valence-corrected chi connectivity index (χ2v) is 10.4. The molecule has 1 aliphatic heterocycles. The number of allylic oxidation sites excluding steroid dienone is 2. The van der Waals surface area contributed by atoms with Gasteiger partial charge in [0.1, 0.15) is 12.4 Å². The van der Waals surface area contributed by atoms with Crippen molar-refractivity contribution in [2.75, 3.05) is 16.8 Å². The van der Waals surface area contributed by atoms with Crippen LogP contribution in [0.2, 0.25) is 5.02 Å². The molecule has 0 aliphatic carbocycles. The van der Waals surface area contributed by atoms with Gasteiger partial charge in [0.15, 0.2) is 5.82 Å². The molecule has 1 aromatic carbocycles. The Labute approximate surface area is 210 Å². The first kappa shape index (κ1) is 26.5. The van der Waals surface area contributed by atoms with E-state index < -0.39 is 34.8 Å². The lowest BCUT2D eigenvalue weighted by molar-refractivity contribution is 0.0918. The van der Waals surface area contributed by atoms with Crippen molar-refractivity contribution >= 4 is 51.9 Å². The molecule has 2 amide bonds. The maximum atomic E-state index is 13.5. The predicted molar refractivity (Wildman–Crippen MR) is 138 cm³/mol. The monoisotopic (exact) mass is 519 g/mol. The summed E-state index contributed by atoms with van der Waals surface area (Å²) in [5.41, 5.74) is 1.06. The number of nitrogens with zero attached hydrogens (tertiary/aromatic N) is 3. The Hall–Kier alpha value is -3.11. The van der Waals surface area contributed by atoms with Gasteiger partial charge in [0.25, 0.3) is 11.8 Å². The molecule has 0 bridgehead atoms. The maximum absolute atomic E-state index is 13.5. The largest absolute Gasteiger partial charge is 0.345 e. The molecule has 1 saturated heterocycles. The average molecular weight is 520 g/mol. The van der Waals surface area contributed by atoms with Crippen LogP contribution >= 0.6 is 11.6 Å². The summed E-state index contributed by atoms with van der Waals surface area (Å²) in [5, 5.41) is 10.1. The number of nitrogens with one attached hydrogen (secondary N) is 2. The third-order valence-electron chi connectivity index (χ3n) is 5.40. The van der Waals surface area contributed by atoms with Crippen LogP contribution in [0.3, 0.4) is 0 Å². The van der Waals surface area contributed by atoms with E-state index in [2.05, 4.69) is 27.3 Å². The molecule has 8 nitrogen and oxygen atoms in total. The molecule has 0 spiro atoms. The highest BCUT2D eigenvalue weighted by Gasteiger charge is 2.40. The van der Waals surface area contributed by atoms with Gasteiger partial charge in [-0.05, 0) is 57.0 Å². The normalized spacial score (nSPS) is 20.2. The number of benzene rings is 1. The van der Waals surface area contributed by atoms with Gasteiger partial charge in [0.05, 0.1) is 22.5 Å². The Bertz CT molecular complexity index is 1280. The first-order valence-electron chi connectivity index (χ1n) is 10.8. The van der Waals surface area contributed by atoms with Gasteiger partial charge in [-0.25, -0.2) is 14.1 Å². The molecule has 1 fully saturated rings. The van der Waals surface area contributed by atoms with E-state index >= 15 is 0 Å². The number of anilines is 1. The zero-order chi connectivity index (χ0) is 25.9. The smallest absolute Gasteiger partial charge is 0.274 e. The average Bonchev–Trinajstić information content (AvgIpc) is 3.21. The molecule has 11 heteroatoms. The van der Waals surface area contributed by atoms with Crippen LogP contribution in [0.25, 0.3) is 5.82 Å². The van der Waals surface area contributed by atoms with Crippen LogP contribution in [0.1, 0.15) is 52.9 Å². The number of carbonyl (C=O) groups excluding carboxylic acids is 2. The van der Waals surface area contributed by atoms with E-state index in [4.69, 9.17) is 11.6 Å². The SMILES string of the molecule is C=C/C(C)=C(\N=C/C)n1nc(CF)cc1C(=O)Nc1c(C)cc(Cl)cc1C(=O)NC1(C)CS(=O)C1. The molecular weight excluding hydrogens is 493 g/mol. The third kappa shape index (κ3) is 5.76. The van der Waals surface area contributed by atoms with E-state index in [1.807, 2.05) is 6.92 Å². The fraction of sp³-hybridized carbons (Fsp3) is 0.333. The fourth-order valence-corrected chi connectivity index (χ4v) is 5.46. The van der Waals surface area contributed by atoms with Gasteiger partial charge >= 0.3 is 0 Å². The van der Waals surface area contributed by atoms with E-state index in [0.717, 1.165) is 0 Å². The second-order valence-electron chi connectivity index (χ2n) is 8.51. The quantitative estimate of drug-likeness (QED) is 0.401. The van der Waals surface area contributed by atoms with Crippen LogP contribution in [0.4, 0.5) is 10.1 Å². The minimum atomic E-state index is -0.969. The summed E-state index contributed by atoms with van der Waals surface area (Å²) in [6, 6.07) is 4.40. The minimum absolute atomic E-state index is 0.0292. The zero-order valence-corrected chi connectivity index (χ0v) is 21.5. The molecule has 35 heavy (non-hydrogen) atoms. The molecule has 1 aliphatic rings.